The molecule has 0 spiro atoms. The maximum atomic E-state index is 12.4. The average Bonchev–Trinajstić information content (AvgIpc) is 2.78. The molecule has 0 fully saturated rings. The van der Waals surface area contributed by atoms with E-state index in [2.05, 4.69) is 16.0 Å². The molecule has 13 heteroatoms. The quantitative estimate of drug-likeness (QED) is 0.153. The monoisotopic (exact) mass is 480 g/mol. The van der Waals surface area contributed by atoms with Crippen molar-refractivity contribution in [3.63, 3.8) is 0 Å². The molecule has 3 amide bonds. The molecule has 0 saturated heterocycles. The van der Waals surface area contributed by atoms with Crippen LogP contribution in [0.15, 0.2) is 30.3 Å². The summed E-state index contributed by atoms with van der Waals surface area (Å²) < 4.78 is 0. The second-order valence-corrected chi connectivity index (χ2v) is 7.40. The van der Waals surface area contributed by atoms with Gasteiger partial charge in [-0.3, -0.25) is 24.0 Å². The predicted molar refractivity (Wildman–Crippen MR) is 116 cm³/mol. The van der Waals surface area contributed by atoms with Gasteiger partial charge in [0.05, 0.1) is 12.6 Å². The third kappa shape index (κ3) is 11.0. The first-order valence-electron chi connectivity index (χ1n) is 10.3. The Kier molecular flexibility index (Phi) is 11.7. The Morgan fingerprint density at radius 1 is 0.794 bits per heavy atom. The molecule has 3 unspecified atom stereocenters. The van der Waals surface area contributed by atoms with Crippen molar-refractivity contribution in [3.8, 4) is 0 Å². The maximum absolute atomic E-state index is 12.4. The van der Waals surface area contributed by atoms with E-state index in [0.717, 1.165) is 0 Å². The highest BCUT2D eigenvalue weighted by Gasteiger charge is 2.26. The summed E-state index contributed by atoms with van der Waals surface area (Å²) in [6.07, 6.45) is -1.36. The number of nitrogens with two attached hydrogens (primary N) is 1. The first-order chi connectivity index (χ1) is 16.0. The summed E-state index contributed by atoms with van der Waals surface area (Å²) in [4.78, 5) is 69.7. The van der Waals surface area contributed by atoms with E-state index in [4.69, 9.17) is 15.9 Å². The lowest BCUT2D eigenvalue weighted by atomic mass is 10.1. The van der Waals surface area contributed by atoms with Crippen LogP contribution in [0.1, 0.15) is 31.2 Å². The standard InChI is InChI=1S/C21H28N4O9/c22-13(6-8-17(27)28)19(31)25-14(7-9-18(29)30)20(32)23-11-16(26)24-15(21(33)34)10-12-4-2-1-3-5-12/h1-5,13-15H,6-11,22H2,(H,23,32)(H,24,26)(H,25,31)(H,27,28)(H,29,30)(H,33,34). The van der Waals surface area contributed by atoms with Crippen LogP contribution in [0.3, 0.4) is 0 Å². The molecule has 0 aromatic heterocycles. The van der Waals surface area contributed by atoms with Gasteiger partial charge in [0.15, 0.2) is 0 Å². The van der Waals surface area contributed by atoms with E-state index < -0.39 is 66.7 Å². The molecule has 0 aliphatic rings. The van der Waals surface area contributed by atoms with E-state index >= 15 is 0 Å². The van der Waals surface area contributed by atoms with Crippen molar-refractivity contribution in [1.82, 2.24) is 16.0 Å². The molecular formula is C21H28N4O9. The molecule has 0 bridgehead atoms. The second kappa shape index (κ2) is 14.2. The Labute approximate surface area is 194 Å². The van der Waals surface area contributed by atoms with Crippen molar-refractivity contribution in [2.45, 2.75) is 50.2 Å². The summed E-state index contributed by atoms with van der Waals surface area (Å²) in [7, 11) is 0. The normalized spacial score (nSPS) is 13.1. The molecule has 1 aromatic rings. The number of hydrogen-bond acceptors (Lipinski definition) is 7. The van der Waals surface area contributed by atoms with Crippen molar-refractivity contribution < 1.29 is 44.1 Å². The maximum Gasteiger partial charge on any atom is 0.326 e. The number of carbonyl (C=O) groups excluding carboxylic acids is 3. The van der Waals surface area contributed by atoms with Gasteiger partial charge < -0.3 is 37.0 Å². The minimum atomic E-state index is -1.35. The van der Waals surface area contributed by atoms with Crippen molar-refractivity contribution in [1.29, 1.82) is 0 Å². The molecule has 0 aliphatic heterocycles. The van der Waals surface area contributed by atoms with Crippen LogP contribution in [-0.2, 0) is 35.2 Å². The van der Waals surface area contributed by atoms with Crippen LogP contribution < -0.4 is 21.7 Å². The smallest absolute Gasteiger partial charge is 0.326 e. The van der Waals surface area contributed by atoms with Crippen LogP contribution in [0.25, 0.3) is 0 Å². The van der Waals surface area contributed by atoms with Crippen LogP contribution in [0.2, 0.25) is 0 Å². The van der Waals surface area contributed by atoms with Gasteiger partial charge in [-0.2, -0.15) is 0 Å². The Hall–Kier alpha value is -4.00. The molecular weight excluding hydrogens is 452 g/mol. The van der Waals surface area contributed by atoms with E-state index in [9.17, 15) is 33.9 Å². The lowest BCUT2D eigenvalue weighted by Crippen LogP contribution is -2.53. The van der Waals surface area contributed by atoms with Gasteiger partial charge in [-0.15, -0.1) is 0 Å². The Bertz CT molecular complexity index is 891. The Morgan fingerprint density at radius 2 is 1.38 bits per heavy atom. The number of amides is 3. The summed E-state index contributed by atoms with van der Waals surface area (Å²) in [6.45, 7) is -0.623. The van der Waals surface area contributed by atoms with Gasteiger partial charge in [-0.1, -0.05) is 30.3 Å². The van der Waals surface area contributed by atoms with Crippen LogP contribution >= 0.6 is 0 Å². The summed E-state index contributed by atoms with van der Waals surface area (Å²) in [5, 5.41) is 33.6. The fourth-order valence-corrected chi connectivity index (χ4v) is 2.81. The van der Waals surface area contributed by atoms with E-state index in [1.54, 1.807) is 30.3 Å². The lowest BCUT2D eigenvalue weighted by Gasteiger charge is -2.20. The zero-order valence-electron chi connectivity index (χ0n) is 18.2. The van der Waals surface area contributed by atoms with Gasteiger partial charge in [0.1, 0.15) is 12.1 Å². The summed E-state index contributed by atoms with van der Waals surface area (Å²) in [5.41, 5.74) is 6.27. The van der Waals surface area contributed by atoms with Gasteiger partial charge in [-0.25, -0.2) is 4.79 Å². The number of hydrogen-bond donors (Lipinski definition) is 7. The van der Waals surface area contributed by atoms with Crippen molar-refractivity contribution in [2.75, 3.05) is 6.54 Å². The highest BCUT2D eigenvalue weighted by Crippen LogP contribution is 2.04. The van der Waals surface area contributed by atoms with E-state index in [-0.39, 0.29) is 25.7 Å². The molecule has 1 aromatic carbocycles. The summed E-state index contributed by atoms with van der Waals surface area (Å²) in [6, 6.07) is 4.74. The number of carboxylic acids is 3. The average molecular weight is 480 g/mol. The summed E-state index contributed by atoms with van der Waals surface area (Å²) >= 11 is 0. The van der Waals surface area contributed by atoms with E-state index in [0.29, 0.717) is 5.56 Å². The number of carboxylic acid groups (broad SMARTS) is 3. The fourth-order valence-electron chi connectivity index (χ4n) is 2.81. The van der Waals surface area contributed by atoms with Crippen LogP contribution in [-0.4, -0.2) is 75.6 Å². The SMILES string of the molecule is NC(CCC(=O)O)C(=O)NC(CCC(=O)O)C(=O)NCC(=O)NC(Cc1ccccc1)C(=O)O. The van der Waals surface area contributed by atoms with Crippen LogP contribution in [0.5, 0.6) is 0 Å². The van der Waals surface area contributed by atoms with Crippen molar-refractivity contribution in [2.24, 2.45) is 5.73 Å². The van der Waals surface area contributed by atoms with Gasteiger partial charge in [0.2, 0.25) is 17.7 Å². The third-order valence-electron chi connectivity index (χ3n) is 4.62. The molecule has 0 aliphatic carbocycles. The number of rotatable bonds is 15. The van der Waals surface area contributed by atoms with Crippen molar-refractivity contribution >= 4 is 35.6 Å². The number of nitrogens with one attached hydrogen (secondary N) is 3. The minimum absolute atomic E-state index is 0.0153. The zero-order valence-corrected chi connectivity index (χ0v) is 18.2. The van der Waals surface area contributed by atoms with Gasteiger partial charge >= 0.3 is 17.9 Å². The molecule has 34 heavy (non-hydrogen) atoms. The van der Waals surface area contributed by atoms with Gasteiger partial charge in [0.25, 0.3) is 0 Å². The molecule has 0 heterocycles. The fraction of sp³-hybridized carbons (Fsp3) is 0.429. The first-order valence-corrected chi connectivity index (χ1v) is 10.3. The van der Waals surface area contributed by atoms with Gasteiger partial charge in [0, 0.05) is 19.3 Å². The predicted octanol–water partition coefficient (Wildman–Crippen LogP) is -1.54. The molecule has 186 valence electrons. The molecule has 0 saturated carbocycles. The highest BCUT2D eigenvalue weighted by atomic mass is 16.4. The lowest BCUT2D eigenvalue weighted by molar-refractivity contribution is -0.141. The van der Waals surface area contributed by atoms with E-state index in [1.165, 1.54) is 0 Å². The molecule has 8 N–H and O–H groups in total. The largest absolute Gasteiger partial charge is 0.481 e. The number of aliphatic carboxylic acids is 3. The second-order valence-electron chi connectivity index (χ2n) is 7.40. The zero-order chi connectivity index (χ0) is 25.7. The highest BCUT2D eigenvalue weighted by molar-refractivity contribution is 5.93. The Morgan fingerprint density at radius 3 is 1.94 bits per heavy atom. The van der Waals surface area contributed by atoms with Crippen molar-refractivity contribution in [3.05, 3.63) is 35.9 Å². The van der Waals surface area contributed by atoms with Crippen LogP contribution in [0, 0.1) is 0 Å². The molecule has 3 atom stereocenters. The number of carbonyl (C=O) groups is 6. The van der Waals surface area contributed by atoms with E-state index in [1.807, 2.05) is 0 Å². The topological polar surface area (TPSA) is 225 Å². The van der Waals surface area contributed by atoms with Crippen LogP contribution in [0.4, 0.5) is 0 Å². The first kappa shape index (κ1) is 28.0. The van der Waals surface area contributed by atoms with Gasteiger partial charge in [-0.05, 0) is 18.4 Å². The summed E-state index contributed by atoms with van der Waals surface area (Å²) in [5.74, 6) is -6.22. The third-order valence-corrected chi connectivity index (χ3v) is 4.62. The number of benzene rings is 1. The Balaban J connectivity index is 2.68. The molecule has 0 radical (unpaired) electrons. The molecule has 1 rings (SSSR count). The minimum Gasteiger partial charge on any atom is -0.481 e. The molecule has 13 nitrogen and oxygen atoms in total.